The van der Waals surface area contributed by atoms with Crippen LogP contribution in [0.3, 0.4) is 0 Å². The molecule has 0 amide bonds. The minimum Gasteiger partial charge on any atom is -0.464 e. The van der Waals surface area contributed by atoms with E-state index in [1.165, 1.54) is 0 Å². The Balaban J connectivity index is 2.78. The molecule has 0 bridgehead atoms. The maximum absolute atomic E-state index is 13.2. The number of carbonyl (C=O) groups excluding carboxylic acids is 1. The summed E-state index contributed by atoms with van der Waals surface area (Å²) in [6, 6.07) is 0.911. The van der Waals surface area contributed by atoms with E-state index in [4.69, 9.17) is 0 Å². The Morgan fingerprint density at radius 2 is 2.36 bits per heavy atom. The highest BCUT2D eigenvalue weighted by Crippen LogP contribution is 2.18. The number of hydrogen-bond donors (Lipinski definition) is 0. The Hall–Kier alpha value is -1.52. The van der Waals surface area contributed by atoms with E-state index < -0.39 is 18.0 Å². The standard InChI is InChI=1S/C9H9F2NO2/c1-2-14-9(13)8(11)6-3-7(10)5-12-4-6/h3-5,8H,2H2,1H3. The summed E-state index contributed by atoms with van der Waals surface area (Å²) in [5.74, 6) is -1.71. The van der Waals surface area contributed by atoms with Crippen molar-refractivity contribution in [3.63, 3.8) is 0 Å². The second-order valence-corrected chi connectivity index (χ2v) is 2.55. The summed E-state index contributed by atoms with van der Waals surface area (Å²) in [5.41, 5.74) is -0.136. The molecule has 1 aromatic rings. The van der Waals surface area contributed by atoms with Gasteiger partial charge in [0.15, 0.2) is 0 Å². The van der Waals surface area contributed by atoms with E-state index in [0.29, 0.717) is 0 Å². The molecule has 0 N–H and O–H groups in total. The highest BCUT2D eigenvalue weighted by molar-refractivity contribution is 5.76. The average Bonchev–Trinajstić information content (AvgIpc) is 2.17. The predicted octanol–water partition coefficient (Wildman–Crippen LogP) is 1.79. The molecule has 0 aliphatic rings. The van der Waals surface area contributed by atoms with Crippen LogP contribution in [-0.4, -0.2) is 17.6 Å². The van der Waals surface area contributed by atoms with Gasteiger partial charge in [-0.15, -0.1) is 0 Å². The molecule has 0 aliphatic heterocycles. The number of carbonyl (C=O) groups is 1. The summed E-state index contributed by atoms with van der Waals surface area (Å²) in [6.45, 7) is 1.65. The number of hydrogen-bond acceptors (Lipinski definition) is 3. The third-order valence-electron chi connectivity index (χ3n) is 1.51. The molecule has 76 valence electrons. The molecule has 14 heavy (non-hydrogen) atoms. The van der Waals surface area contributed by atoms with Gasteiger partial charge < -0.3 is 4.74 Å². The van der Waals surface area contributed by atoms with Gasteiger partial charge in [-0.2, -0.15) is 0 Å². The largest absolute Gasteiger partial charge is 0.464 e. The molecule has 0 aliphatic carbocycles. The summed E-state index contributed by atoms with van der Waals surface area (Å²) >= 11 is 0. The zero-order chi connectivity index (χ0) is 10.6. The molecule has 0 spiro atoms. The minimum absolute atomic E-state index is 0.0853. The van der Waals surface area contributed by atoms with Crippen molar-refractivity contribution < 1.29 is 18.3 Å². The molecule has 1 rings (SSSR count). The zero-order valence-electron chi connectivity index (χ0n) is 7.54. The second-order valence-electron chi connectivity index (χ2n) is 2.55. The van der Waals surface area contributed by atoms with Gasteiger partial charge in [-0.1, -0.05) is 0 Å². The van der Waals surface area contributed by atoms with Crippen molar-refractivity contribution in [3.05, 3.63) is 29.8 Å². The van der Waals surface area contributed by atoms with Crippen LogP contribution < -0.4 is 0 Å². The quantitative estimate of drug-likeness (QED) is 0.700. The molecule has 0 saturated heterocycles. The molecule has 0 radical (unpaired) electrons. The molecule has 1 unspecified atom stereocenters. The fourth-order valence-corrected chi connectivity index (χ4v) is 0.918. The van der Waals surface area contributed by atoms with E-state index >= 15 is 0 Å². The lowest BCUT2D eigenvalue weighted by Gasteiger charge is -2.06. The summed E-state index contributed by atoms with van der Waals surface area (Å²) < 4.78 is 30.2. The fourth-order valence-electron chi connectivity index (χ4n) is 0.918. The molecule has 3 nitrogen and oxygen atoms in total. The maximum Gasteiger partial charge on any atom is 0.345 e. The molecule has 1 heterocycles. The van der Waals surface area contributed by atoms with Crippen molar-refractivity contribution in [1.29, 1.82) is 0 Å². The van der Waals surface area contributed by atoms with Gasteiger partial charge in [-0.25, -0.2) is 13.6 Å². The lowest BCUT2D eigenvalue weighted by atomic mass is 10.2. The summed E-state index contributed by atoms with van der Waals surface area (Å²) in [7, 11) is 0. The van der Waals surface area contributed by atoms with Crippen LogP contribution in [0.15, 0.2) is 18.5 Å². The third kappa shape index (κ3) is 2.48. The van der Waals surface area contributed by atoms with Crippen molar-refractivity contribution in [3.8, 4) is 0 Å². The van der Waals surface area contributed by atoms with E-state index in [2.05, 4.69) is 9.72 Å². The first-order valence-corrected chi connectivity index (χ1v) is 4.06. The van der Waals surface area contributed by atoms with Crippen LogP contribution in [0.1, 0.15) is 18.7 Å². The first-order valence-electron chi connectivity index (χ1n) is 4.06. The van der Waals surface area contributed by atoms with E-state index in [1.54, 1.807) is 6.92 Å². The third-order valence-corrected chi connectivity index (χ3v) is 1.51. The molecule has 5 heteroatoms. The average molecular weight is 201 g/mol. The summed E-state index contributed by atoms with van der Waals surface area (Å²) in [4.78, 5) is 14.3. The van der Waals surface area contributed by atoms with E-state index in [1.807, 2.05) is 0 Å². The summed E-state index contributed by atoms with van der Waals surface area (Å²) in [5, 5.41) is 0. The van der Waals surface area contributed by atoms with Gasteiger partial charge in [-0.3, -0.25) is 4.98 Å². The van der Waals surface area contributed by atoms with Gasteiger partial charge in [0.1, 0.15) is 5.82 Å². The molecule has 0 aromatic carbocycles. The van der Waals surface area contributed by atoms with Crippen LogP contribution in [0.2, 0.25) is 0 Å². The highest BCUT2D eigenvalue weighted by atomic mass is 19.1. The van der Waals surface area contributed by atoms with Crippen LogP contribution in [0.4, 0.5) is 8.78 Å². The Kier molecular flexibility index (Phi) is 3.50. The number of rotatable bonds is 3. The fraction of sp³-hybridized carbons (Fsp3) is 0.333. The second kappa shape index (κ2) is 4.64. The van der Waals surface area contributed by atoms with Gasteiger partial charge in [0.05, 0.1) is 12.8 Å². The number of pyridine rings is 1. The van der Waals surface area contributed by atoms with Gasteiger partial charge in [0.25, 0.3) is 0 Å². The normalized spacial score (nSPS) is 12.2. The molecule has 0 saturated carbocycles. The molecule has 1 aromatic heterocycles. The van der Waals surface area contributed by atoms with Crippen LogP contribution >= 0.6 is 0 Å². The lowest BCUT2D eigenvalue weighted by Crippen LogP contribution is -2.12. The van der Waals surface area contributed by atoms with Crippen molar-refractivity contribution >= 4 is 5.97 Å². The Labute approximate surface area is 79.7 Å². The molecular formula is C9H9F2NO2. The Morgan fingerprint density at radius 3 is 2.93 bits per heavy atom. The smallest absolute Gasteiger partial charge is 0.345 e. The summed E-state index contributed by atoms with van der Waals surface area (Å²) in [6.07, 6.45) is 0.0459. The highest BCUT2D eigenvalue weighted by Gasteiger charge is 2.21. The van der Waals surface area contributed by atoms with Crippen molar-refractivity contribution in [2.45, 2.75) is 13.1 Å². The van der Waals surface area contributed by atoms with Gasteiger partial charge in [0.2, 0.25) is 6.17 Å². The maximum atomic E-state index is 13.2. The van der Waals surface area contributed by atoms with Crippen molar-refractivity contribution in [2.75, 3.05) is 6.61 Å². The van der Waals surface area contributed by atoms with E-state index in [9.17, 15) is 13.6 Å². The van der Waals surface area contributed by atoms with Crippen LogP contribution in [0, 0.1) is 5.82 Å². The zero-order valence-corrected chi connectivity index (χ0v) is 7.54. The first kappa shape index (κ1) is 10.6. The topological polar surface area (TPSA) is 39.2 Å². The monoisotopic (exact) mass is 201 g/mol. The van der Waals surface area contributed by atoms with Crippen molar-refractivity contribution in [1.82, 2.24) is 4.98 Å². The van der Waals surface area contributed by atoms with E-state index in [0.717, 1.165) is 18.5 Å². The van der Waals surface area contributed by atoms with Crippen LogP contribution in [0.25, 0.3) is 0 Å². The van der Waals surface area contributed by atoms with Gasteiger partial charge in [0, 0.05) is 11.8 Å². The van der Waals surface area contributed by atoms with Crippen molar-refractivity contribution in [2.24, 2.45) is 0 Å². The molecular weight excluding hydrogens is 192 g/mol. The number of aromatic nitrogens is 1. The number of nitrogens with zero attached hydrogens (tertiary/aromatic N) is 1. The molecule has 0 fully saturated rings. The van der Waals surface area contributed by atoms with Crippen LogP contribution in [-0.2, 0) is 9.53 Å². The van der Waals surface area contributed by atoms with Gasteiger partial charge >= 0.3 is 5.97 Å². The molecule has 1 atom stereocenters. The number of halogens is 2. The lowest BCUT2D eigenvalue weighted by molar-refractivity contribution is -0.149. The predicted molar refractivity (Wildman–Crippen MR) is 44.7 cm³/mol. The Morgan fingerprint density at radius 1 is 1.64 bits per heavy atom. The van der Waals surface area contributed by atoms with Gasteiger partial charge in [-0.05, 0) is 13.0 Å². The minimum atomic E-state index is -1.97. The number of esters is 1. The number of alkyl halides is 1. The van der Waals surface area contributed by atoms with E-state index in [-0.39, 0.29) is 12.2 Å². The SMILES string of the molecule is CCOC(=O)C(F)c1cncc(F)c1. The number of ether oxygens (including phenoxy) is 1. The van der Waals surface area contributed by atoms with Crippen LogP contribution in [0.5, 0.6) is 0 Å². The Bertz CT molecular complexity index is 330. The first-order chi connectivity index (χ1) is 6.65.